The molecule has 1 aliphatic heterocycles. The zero-order chi connectivity index (χ0) is 12.7. The van der Waals surface area contributed by atoms with Gasteiger partial charge >= 0.3 is 6.03 Å². The van der Waals surface area contributed by atoms with Crippen molar-refractivity contribution in [3.05, 3.63) is 35.4 Å². The topological polar surface area (TPSA) is 49.4 Å². The second-order valence-corrected chi connectivity index (χ2v) is 5.06. The standard InChI is InChI=1S/C14H16N2O2/c1-9-4-2-3-5-11(9)13(10-6-7-10)16-12(17)8-15-14(16)18/h2-5,10,13H,6-8H2,1H3,(H,15,18). The molecule has 0 spiro atoms. The third-order valence-electron chi connectivity index (χ3n) is 3.73. The predicted octanol–water partition coefficient (Wildman–Crippen LogP) is 2.00. The highest BCUT2D eigenvalue weighted by molar-refractivity contribution is 6.02. The van der Waals surface area contributed by atoms with Gasteiger partial charge in [0.2, 0.25) is 0 Å². The Morgan fingerprint density at radius 2 is 2.00 bits per heavy atom. The molecule has 94 valence electrons. The van der Waals surface area contributed by atoms with Crippen molar-refractivity contribution in [2.45, 2.75) is 25.8 Å². The molecule has 1 aromatic rings. The summed E-state index contributed by atoms with van der Waals surface area (Å²) in [7, 11) is 0. The average molecular weight is 244 g/mol. The van der Waals surface area contributed by atoms with E-state index in [1.165, 1.54) is 4.90 Å². The quantitative estimate of drug-likeness (QED) is 0.827. The highest BCUT2D eigenvalue weighted by atomic mass is 16.2. The van der Waals surface area contributed by atoms with Gasteiger partial charge in [-0.05, 0) is 36.8 Å². The van der Waals surface area contributed by atoms with Gasteiger partial charge in [0, 0.05) is 0 Å². The Balaban J connectivity index is 2.01. The Hall–Kier alpha value is -1.84. The monoisotopic (exact) mass is 244 g/mol. The number of hydrogen-bond acceptors (Lipinski definition) is 2. The van der Waals surface area contributed by atoms with Crippen molar-refractivity contribution >= 4 is 11.9 Å². The summed E-state index contributed by atoms with van der Waals surface area (Å²) in [5.74, 6) is 0.319. The molecule has 1 saturated heterocycles. The zero-order valence-corrected chi connectivity index (χ0v) is 10.3. The maximum Gasteiger partial charge on any atom is 0.325 e. The van der Waals surface area contributed by atoms with Gasteiger partial charge in [-0.25, -0.2) is 4.79 Å². The number of carbonyl (C=O) groups is 2. The number of benzene rings is 1. The molecule has 1 saturated carbocycles. The van der Waals surface area contributed by atoms with Crippen LogP contribution >= 0.6 is 0 Å². The van der Waals surface area contributed by atoms with Gasteiger partial charge in [0.1, 0.15) is 0 Å². The van der Waals surface area contributed by atoms with Gasteiger partial charge < -0.3 is 5.32 Å². The van der Waals surface area contributed by atoms with Gasteiger partial charge in [0.15, 0.2) is 0 Å². The second-order valence-electron chi connectivity index (χ2n) is 5.06. The van der Waals surface area contributed by atoms with Gasteiger partial charge in [-0.3, -0.25) is 9.69 Å². The van der Waals surface area contributed by atoms with Crippen LogP contribution in [0.25, 0.3) is 0 Å². The van der Waals surface area contributed by atoms with E-state index in [1.54, 1.807) is 0 Å². The van der Waals surface area contributed by atoms with Crippen molar-refractivity contribution in [3.8, 4) is 0 Å². The molecule has 1 heterocycles. The summed E-state index contributed by atoms with van der Waals surface area (Å²) in [6.07, 6.45) is 2.19. The molecule has 2 aliphatic rings. The average Bonchev–Trinajstić information content (AvgIpc) is 3.13. The van der Waals surface area contributed by atoms with Gasteiger partial charge in [0.25, 0.3) is 5.91 Å². The first-order valence-electron chi connectivity index (χ1n) is 6.34. The van der Waals surface area contributed by atoms with E-state index in [-0.39, 0.29) is 24.5 Å². The molecule has 3 rings (SSSR count). The summed E-state index contributed by atoms with van der Waals surface area (Å²) in [5, 5.41) is 2.61. The van der Waals surface area contributed by atoms with E-state index >= 15 is 0 Å². The van der Waals surface area contributed by atoms with Crippen molar-refractivity contribution < 1.29 is 9.59 Å². The molecule has 0 radical (unpaired) electrons. The SMILES string of the molecule is Cc1ccccc1C(C1CC1)N1C(=O)CNC1=O. The molecule has 4 nitrogen and oxygen atoms in total. The number of nitrogens with one attached hydrogen (secondary N) is 1. The lowest BCUT2D eigenvalue weighted by Crippen LogP contribution is -2.36. The lowest BCUT2D eigenvalue weighted by Gasteiger charge is -2.26. The molecular formula is C14H16N2O2. The molecule has 0 bridgehead atoms. The lowest BCUT2D eigenvalue weighted by molar-refractivity contribution is -0.127. The van der Waals surface area contributed by atoms with E-state index in [2.05, 4.69) is 5.32 Å². The summed E-state index contributed by atoms with van der Waals surface area (Å²) < 4.78 is 0. The third-order valence-corrected chi connectivity index (χ3v) is 3.73. The molecule has 1 atom stereocenters. The number of aryl methyl sites for hydroxylation is 1. The van der Waals surface area contributed by atoms with Crippen LogP contribution in [0, 0.1) is 12.8 Å². The fourth-order valence-corrected chi connectivity index (χ4v) is 2.65. The van der Waals surface area contributed by atoms with Gasteiger partial charge in [-0.1, -0.05) is 24.3 Å². The van der Waals surface area contributed by atoms with E-state index < -0.39 is 0 Å². The molecule has 1 N–H and O–H groups in total. The normalized spacial score (nSPS) is 21.1. The van der Waals surface area contributed by atoms with Crippen LogP contribution in [-0.2, 0) is 4.79 Å². The Morgan fingerprint density at radius 3 is 2.56 bits per heavy atom. The fraction of sp³-hybridized carbons (Fsp3) is 0.429. The Bertz CT molecular complexity index is 492. The largest absolute Gasteiger partial charge is 0.329 e. The van der Waals surface area contributed by atoms with Crippen LogP contribution in [-0.4, -0.2) is 23.4 Å². The Labute approximate surface area is 106 Å². The smallest absolute Gasteiger partial charge is 0.325 e. The summed E-state index contributed by atoms with van der Waals surface area (Å²) in [6.45, 7) is 2.16. The van der Waals surface area contributed by atoms with Crippen LogP contribution < -0.4 is 5.32 Å². The van der Waals surface area contributed by atoms with Crippen LogP contribution in [0.2, 0.25) is 0 Å². The minimum Gasteiger partial charge on any atom is -0.329 e. The predicted molar refractivity (Wildman–Crippen MR) is 66.9 cm³/mol. The molecule has 0 aromatic heterocycles. The molecular weight excluding hydrogens is 228 g/mol. The summed E-state index contributed by atoms with van der Waals surface area (Å²) in [5.41, 5.74) is 2.24. The van der Waals surface area contributed by atoms with Crippen LogP contribution in [0.4, 0.5) is 4.79 Å². The van der Waals surface area contributed by atoms with Crippen molar-refractivity contribution in [1.82, 2.24) is 10.2 Å². The highest BCUT2D eigenvalue weighted by Gasteiger charge is 2.44. The minimum absolute atomic E-state index is 0.0822. The van der Waals surface area contributed by atoms with E-state index in [0.29, 0.717) is 5.92 Å². The number of urea groups is 1. The van der Waals surface area contributed by atoms with Gasteiger partial charge in [-0.2, -0.15) is 0 Å². The summed E-state index contributed by atoms with van der Waals surface area (Å²) in [4.78, 5) is 25.1. The molecule has 1 aromatic carbocycles. The fourth-order valence-electron chi connectivity index (χ4n) is 2.65. The number of hydrogen-bond donors (Lipinski definition) is 1. The first-order valence-corrected chi connectivity index (χ1v) is 6.34. The number of carbonyl (C=O) groups excluding carboxylic acids is 2. The molecule has 18 heavy (non-hydrogen) atoms. The molecule has 1 unspecified atom stereocenters. The van der Waals surface area contributed by atoms with Crippen LogP contribution in [0.15, 0.2) is 24.3 Å². The van der Waals surface area contributed by atoms with E-state index in [0.717, 1.165) is 24.0 Å². The van der Waals surface area contributed by atoms with Gasteiger partial charge in [-0.15, -0.1) is 0 Å². The molecule has 2 fully saturated rings. The third kappa shape index (κ3) is 1.78. The lowest BCUT2D eigenvalue weighted by atomic mass is 9.96. The Morgan fingerprint density at radius 1 is 1.28 bits per heavy atom. The van der Waals surface area contributed by atoms with Crippen molar-refractivity contribution in [1.29, 1.82) is 0 Å². The summed E-state index contributed by atoms with van der Waals surface area (Å²) >= 11 is 0. The number of imide groups is 1. The number of rotatable bonds is 3. The first-order chi connectivity index (χ1) is 8.68. The number of amides is 3. The highest BCUT2D eigenvalue weighted by Crippen LogP contribution is 2.45. The van der Waals surface area contributed by atoms with Crippen molar-refractivity contribution in [2.75, 3.05) is 6.54 Å². The van der Waals surface area contributed by atoms with Crippen LogP contribution in [0.5, 0.6) is 0 Å². The van der Waals surface area contributed by atoms with Crippen molar-refractivity contribution in [3.63, 3.8) is 0 Å². The first kappa shape index (κ1) is 11.3. The zero-order valence-electron chi connectivity index (χ0n) is 10.3. The van der Waals surface area contributed by atoms with Crippen LogP contribution in [0.1, 0.15) is 30.0 Å². The molecule has 4 heteroatoms. The van der Waals surface area contributed by atoms with Crippen LogP contribution in [0.3, 0.4) is 0 Å². The molecule has 1 aliphatic carbocycles. The maximum atomic E-state index is 11.9. The maximum absolute atomic E-state index is 11.9. The van der Waals surface area contributed by atoms with E-state index in [1.807, 2.05) is 31.2 Å². The van der Waals surface area contributed by atoms with E-state index in [4.69, 9.17) is 0 Å². The number of nitrogens with zero attached hydrogens (tertiary/aromatic N) is 1. The minimum atomic E-state index is -0.250. The van der Waals surface area contributed by atoms with Crippen molar-refractivity contribution in [2.24, 2.45) is 5.92 Å². The summed E-state index contributed by atoms with van der Waals surface area (Å²) in [6, 6.07) is 7.67. The molecule has 3 amide bonds. The van der Waals surface area contributed by atoms with Gasteiger partial charge in [0.05, 0.1) is 12.6 Å². The second kappa shape index (κ2) is 4.12. The Kier molecular flexibility index (Phi) is 2.58. The van der Waals surface area contributed by atoms with E-state index in [9.17, 15) is 9.59 Å².